The lowest BCUT2D eigenvalue weighted by atomic mass is 10.1. The standard InChI is InChI=1S/C21H25N3O4/c1-4-27-19-10-15-9-14(2)28-20(15)11-16(19)12-23-24-21(25)13-22-17-5-7-18(26-3)8-6-17/h5-8,10-12,14,22H,4,9,13H2,1-3H3,(H,24,25)/b23-12-/t14-/m0/s1. The fourth-order valence-electron chi connectivity index (χ4n) is 2.94. The molecule has 0 spiro atoms. The van der Waals surface area contributed by atoms with Gasteiger partial charge in [0.15, 0.2) is 0 Å². The Morgan fingerprint density at radius 3 is 2.82 bits per heavy atom. The summed E-state index contributed by atoms with van der Waals surface area (Å²) in [6.07, 6.45) is 2.59. The molecule has 0 radical (unpaired) electrons. The average molecular weight is 383 g/mol. The van der Waals surface area contributed by atoms with E-state index in [1.807, 2.05) is 50.2 Å². The summed E-state index contributed by atoms with van der Waals surface area (Å²) >= 11 is 0. The Hall–Kier alpha value is -3.22. The van der Waals surface area contributed by atoms with Gasteiger partial charge >= 0.3 is 0 Å². The van der Waals surface area contributed by atoms with E-state index in [0.717, 1.165) is 40.5 Å². The molecule has 0 saturated heterocycles. The molecule has 0 bridgehead atoms. The van der Waals surface area contributed by atoms with E-state index in [9.17, 15) is 4.79 Å². The predicted molar refractivity (Wildman–Crippen MR) is 109 cm³/mol. The summed E-state index contributed by atoms with van der Waals surface area (Å²) in [5, 5.41) is 7.08. The van der Waals surface area contributed by atoms with Crippen LogP contribution in [0.2, 0.25) is 0 Å². The van der Waals surface area contributed by atoms with E-state index >= 15 is 0 Å². The minimum absolute atomic E-state index is 0.104. The van der Waals surface area contributed by atoms with Gasteiger partial charge in [-0.3, -0.25) is 4.79 Å². The summed E-state index contributed by atoms with van der Waals surface area (Å²) < 4.78 is 16.6. The molecule has 0 unspecified atom stereocenters. The third kappa shape index (κ3) is 4.94. The van der Waals surface area contributed by atoms with Crippen molar-refractivity contribution in [2.75, 3.05) is 25.6 Å². The maximum absolute atomic E-state index is 12.0. The van der Waals surface area contributed by atoms with Gasteiger partial charge in [0.2, 0.25) is 0 Å². The van der Waals surface area contributed by atoms with Crippen LogP contribution in [0.1, 0.15) is 25.0 Å². The number of nitrogens with zero attached hydrogens (tertiary/aromatic N) is 1. The number of ether oxygens (including phenoxy) is 3. The zero-order valence-corrected chi connectivity index (χ0v) is 16.3. The number of methoxy groups -OCH3 is 1. The van der Waals surface area contributed by atoms with E-state index in [4.69, 9.17) is 14.2 Å². The first-order chi connectivity index (χ1) is 13.6. The second-order valence-corrected chi connectivity index (χ2v) is 6.44. The predicted octanol–water partition coefficient (Wildman–Crippen LogP) is 2.98. The van der Waals surface area contributed by atoms with E-state index in [2.05, 4.69) is 15.8 Å². The lowest BCUT2D eigenvalue weighted by molar-refractivity contribution is -0.119. The normalized spacial score (nSPS) is 15.0. The van der Waals surface area contributed by atoms with Gasteiger partial charge in [-0.15, -0.1) is 0 Å². The summed E-state index contributed by atoms with van der Waals surface area (Å²) in [5.41, 5.74) is 5.23. The van der Waals surface area contributed by atoms with Crippen molar-refractivity contribution in [3.05, 3.63) is 47.5 Å². The van der Waals surface area contributed by atoms with Gasteiger partial charge in [-0.05, 0) is 50.2 Å². The van der Waals surface area contributed by atoms with Crippen LogP contribution in [-0.4, -0.2) is 38.5 Å². The monoisotopic (exact) mass is 383 g/mol. The number of carbonyl (C=O) groups excluding carboxylic acids is 1. The van der Waals surface area contributed by atoms with Crippen molar-refractivity contribution in [2.45, 2.75) is 26.4 Å². The zero-order chi connectivity index (χ0) is 19.9. The highest BCUT2D eigenvalue weighted by atomic mass is 16.5. The molecule has 1 atom stereocenters. The molecule has 0 fully saturated rings. The molecule has 1 heterocycles. The molecular formula is C21H25N3O4. The summed E-state index contributed by atoms with van der Waals surface area (Å²) in [7, 11) is 1.61. The van der Waals surface area contributed by atoms with Gasteiger partial charge in [-0.2, -0.15) is 5.10 Å². The summed E-state index contributed by atoms with van der Waals surface area (Å²) in [4.78, 5) is 12.0. The Balaban J connectivity index is 1.57. The van der Waals surface area contributed by atoms with E-state index < -0.39 is 0 Å². The quantitative estimate of drug-likeness (QED) is 0.541. The number of amides is 1. The number of hydrogen-bond donors (Lipinski definition) is 2. The van der Waals surface area contributed by atoms with Gasteiger partial charge < -0.3 is 19.5 Å². The van der Waals surface area contributed by atoms with Crippen LogP contribution in [0.15, 0.2) is 41.5 Å². The fraction of sp³-hybridized carbons (Fsp3) is 0.333. The van der Waals surface area contributed by atoms with E-state index in [-0.39, 0.29) is 18.6 Å². The van der Waals surface area contributed by atoms with Crippen LogP contribution in [0.5, 0.6) is 17.2 Å². The van der Waals surface area contributed by atoms with Crippen LogP contribution in [0.25, 0.3) is 0 Å². The maximum atomic E-state index is 12.0. The molecule has 2 aromatic rings. The van der Waals surface area contributed by atoms with Crippen molar-refractivity contribution >= 4 is 17.8 Å². The summed E-state index contributed by atoms with van der Waals surface area (Å²) in [5.74, 6) is 2.08. The van der Waals surface area contributed by atoms with Gasteiger partial charge in [-0.25, -0.2) is 5.43 Å². The zero-order valence-electron chi connectivity index (χ0n) is 16.3. The minimum Gasteiger partial charge on any atom is -0.497 e. The number of nitrogens with one attached hydrogen (secondary N) is 2. The smallest absolute Gasteiger partial charge is 0.259 e. The second-order valence-electron chi connectivity index (χ2n) is 6.44. The third-order valence-corrected chi connectivity index (χ3v) is 4.26. The van der Waals surface area contributed by atoms with Crippen molar-refractivity contribution in [3.8, 4) is 17.2 Å². The van der Waals surface area contributed by atoms with Gasteiger partial charge in [0.25, 0.3) is 5.91 Å². The Kier molecular flexibility index (Phi) is 6.37. The largest absolute Gasteiger partial charge is 0.497 e. The molecule has 3 rings (SSSR count). The number of hydrazone groups is 1. The lowest BCUT2D eigenvalue weighted by Crippen LogP contribution is -2.25. The lowest BCUT2D eigenvalue weighted by Gasteiger charge is -2.10. The average Bonchev–Trinajstić information content (AvgIpc) is 3.06. The highest BCUT2D eigenvalue weighted by molar-refractivity contribution is 5.87. The Morgan fingerprint density at radius 1 is 1.32 bits per heavy atom. The van der Waals surface area contributed by atoms with Gasteiger partial charge in [0, 0.05) is 23.2 Å². The highest BCUT2D eigenvalue weighted by Gasteiger charge is 2.21. The molecule has 0 aromatic heterocycles. The SMILES string of the molecule is CCOc1cc2c(cc1/C=N\NC(=O)CNc1ccc(OC)cc1)O[C@@H](C)C2. The molecule has 1 aliphatic rings. The molecule has 1 amide bonds. The van der Waals surface area contributed by atoms with Crippen LogP contribution in [0.4, 0.5) is 5.69 Å². The minimum atomic E-state index is -0.254. The van der Waals surface area contributed by atoms with Crippen molar-refractivity contribution in [2.24, 2.45) is 5.10 Å². The van der Waals surface area contributed by atoms with Gasteiger partial charge in [-0.1, -0.05) is 0 Å². The summed E-state index contributed by atoms with van der Waals surface area (Å²) in [6, 6.07) is 11.2. The summed E-state index contributed by atoms with van der Waals surface area (Å²) in [6.45, 7) is 4.62. The van der Waals surface area contributed by atoms with E-state index in [1.165, 1.54) is 0 Å². The fourth-order valence-corrected chi connectivity index (χ4v) is 2.94. The molecule has 1 aliphatic heterocycles. The number of hydrogen-bond acceptors (Lipinski definition) is 6. The number of anilines is 1. The Labute approximate surface area is 164 Å². The molecule has 7 heteroatoms. The molecular weight excluding hydrogens is 358 g/mol. The number of carbonyl (C=O) groups is 1. The second kappa shape index (κ2) is 9.12. The Morgan fingerprint density at radius 2 is 2.11 bits per heavy atom. The first kappa shape index (κ1) is 19.5. The topological polar surface area (TPSA) is 81.2 Å². The van der Waals surface area contributed by atoms with E-state index in [0.29, 0.717) is 6.61 Å². The van der Waals surface area contributed by atoms with Crippen LogP contribution in [-0.2, 0) is 11.2 Å². The molecule has 2 aromatic carbocycles. The molecule has 0 aliphatic carbocycles. The van der Waals surface area contributed by atoms with Gasteiger partial charge in [0.1, 0.15) is 23.4 Å². The van der Waals surface area contributed by atoms with Crippen LogP contribution >= 0.6 is 0 Å². The first-order valence-electron chi connectivity index (χ1n) is 9.25. The third-order valence-electron chi connectivity index (χ3n) is 4.26. The first-order valence-corrected chi connectivity index (χ1v) is 9.25. The molecule has 2 N–H and O–H groups in total. The number of rotatable bonds is 8. The van der Waals surface area contributed by atoms with Crippen LogP contribution in [0, 0.1) is 0 Å². The van der Waals surface area contributed by atoms with Gasteiger partial charge in [0.05, 0.1) is 26.5 Å². The van der Waals surface area contributed by atoms with Crippen molar-refractivity contribution in [1.29, 1.82) is 0 Å². The van der Waals surface area contributed by atoms with Crippen LogP contribution in [0.3, 0.4) is 0 Å². The number of fused-ring (bicyclic) bond motifs is 1. The molecule has 0 saturated carbocycles. The van der Waals surface area contributed by atoms with Crippen molar-refractivity contribution < 1.29 is 19.0 Å². The van der Waals surface area contributed by atoms with E-state index in [1.54, 1.807) is 13.3 Å². The van der Waals surface area contributed by atoms with Crippen molar-refractivity contribution in [3.63, 3.8) is 0 Å². The van der Waals surface area contributed by atoms with Crippen molar-refractivity contribution in [1.82, 2.24) is 5.43 Å². The molecule has 7 nitrogen and oxygen atoms in total. The molecule has 148 valence electrons. The van der Waals surface area contributed by atoms with Crippen LogP contribution < -0.4 is 25.0 Å². The highest BCUT2D eigenvalue weighted by Crippen LogP contribution is 2.34. The molecule has 28 heavy (non-hydrogen) atoms. The maximum Gasteiger partial charge on any atom is 0.259 e. The Bertz CT molecular complexity index is 849. The number of benzene rings is 2.